The van der Waals surface area contributed by atoms with Gasteiger partial charge in [0.2, 0.25) is 0 Å². The van der Waals surface area contributed by atoms with Crippen LogP contribution < -0.4 is 5.32 Å². The molecule has 0 bridgehead atoms. The van der Waals surface area contributed by atoms with Gasteiger partial charge in [0.15, 0.2) is 0 Å². The van der Waals surface area contributed by atoms with Gasteiger partial charge in [-0.15, -0.1) is 22.9 Å². The molecule has 1 atom stereocenters. The Morgan fingerprint density at radius 3 is 2.73 bits per heavy atom. The number of hydrogen-bond donors (Lipinski definition) is 1. The minimum absolute atomic E-state index is 0.227. The predicted octanol–water partition coefficient (Wildman–Crippen LogP) is 3.88. The van der Waals surface area contributed by atoms with Gasteiger partial charge in [0.1, 0.15) is 0 Å². The molecule has 0 saturated carbocycles. The van der Waals surface area contributed by atoms with Crippen molar-refractivity contribution < 1.29 is 0 Å². The van der Waals surface area contributed by atoms with Crippen LogP contribution in [0.1, 0.15) is 32.1 Å². The number of halogens is 1. The second-order valence-corrected chi connectivity index (χ2v) is 6.72. The van der Waals surface area contributed by atoms with E-state index in [4.69, 9.17) is 11.6 Å². The van der Waals surface area contributed by atoms with Crippen LogP contribution in [0.4, 0.5) is 0 Å². The lowest BCUT2D eigenvalue weighted by atomic mass is 9.90. The van der Waals surface area contributed by atoms with Crippen molar-refractivity contribution in [2.45, 2.75) is 39.1 Å². The third-order valence-corrected chi connectivity index (χ3v) is 3.26. The second-order valence-electron chi connectivity index (χ2n) is 5.07. The van der Waals surface area contributed by atoms with Gasteiger partial charge in [-0.1, -0.05) is 26.8 Å². The Morgan fingerprint density at radius 1 is 1.47 bits per heavy atom. The summed E-state index contributed by atoms with van der Waals surface area (Å²) in [6.45, 7) is 8.49. The molecule has 1 N–H and O–H groups in total. The second kappa shape index (κ2) is 5.88. The lowest BCUT2D eigenvalue weighted by molar-refractivity contribution is 0.365. The van der Waals surface area contributed by atoms with Crippen molar-refractivity contribution in [1.82, 2.24) is 5.32 Å². The Hall–Kier alpha value is -0.0500. The van der Waals surface area contributed by atoms with E-state index < -0.39 is 0 Å². The fraction of sp³-hybridized carbons (Fsp3) is 0.667. The molecule has 0 fully saturated rings. The average Bonchev–Trinajstić information content (AvgIpc) is 2.53. The lowest BCUT2D eigenvalue weighted by Gasteiger charge is -2.21. The molecular weight excluding hydrogens is 226 g/mol. The molecular formula is C12H20ClNS. The highest BCUT2D eigenvalue weighted by Gasteiger charge is 2.16. The van der Waals surface area contributed by atoms with Crippen molar-refractivity contribution in [3.63, 3.8) is 0 Å². The Bertz CT molecular complexity index is 264. The Balaban J connectivity index is 2.15. The summed E-state index contributed by atoms with van der Waals surface area (Å²) < 4.78 is 0. The normalized spacial score (nSPS) is 14.1. The molecule has 0 aliphatic heterocycles. The summed E-state index contributed by atoms with van der Waals surface area (Å²) in [4.78, 5) is 1.37. The van der Waals surface area contributed by atoms with E-state index in [2.05, 4.69) is 43.6 Å². The summed E-state index contributed by atoms with van der Waals surface area (Å²) in [5, 5.41) is 5.72. The molecule has 1 aromatic heterocycles. The van der Waals surface area contributed by atoms with Crippen LogP contribution in [0.3, 0.4) is 0 Å². The molecule has 1 heterocycles. The molecule has 1 rings (SSSR count). The number of alkyl halides is 1. The molecule has 15 heavy (non-hydrogen) atoms. The quantitative estimate of drug-likeness (QED) is 0.777. The van der Waals surface area contributed by atoms with Gasteiger partial charge >= 0.3 is 0 Å². The number of thiophene rings is 1. The smallest absolute Gasteiger partial charge is 0.0465 e. The molecule has 0 saturated heterocycles. The van der Waals surface area contributed by atoms with Crippen LogP contribution in [0.2, 0.25) is 0 Å². The standard InChI is InChI=1S/C12H20ClNS/c1-12(2,3)7-10(13)8-14-9-11-5-4-6-15-11/h4-6,10,14H,7-9H2,1-3H3. The summed E-state index contributed by atoms with van der Waals surface area (Å²) in [5.41, 5.74) is 0.316. The molecule has 0 aliphatic rings. The Kier molecular flexibility index (Phi) is 5.10. The summed E-state index contributed by atoms with van der Waals surface area (Å²) in [6, 6.07) is 4.22. The average molecular weight is 246 g/mol. The Labute approximate surface area is 102 Å². The number of hydrogen-bond acceptors (Lipinski definition) is 2. The van der Waals surface area contributed by atoms with E-state index in [0.29, 0.717) is 5.41 Å². The monoisotopic (exact) mass is 245 g/mol. The van der Waals surface area contributed by atoms with E-state index in [0.717, 1.165) is 19.5 Å². The fourth-order valence-electron chi connectivity index (χ4n) is 1.50. The SMILES string of the molecule is CC(C)(C)CC(Cl)CNCc1cccs1. The van der Waals surface area contributed by atoms with Crippen molar-refractivity contribution >= 4 is 22.9 Å². The van der Waals surface area contributed by atoms with Crippen molar-refractivity contribution in [2.24, 2.45) is 5.41 Å². The van der Waals surface area contributed by atoms with Crippen LogP contribution in [-0.4, -0.2) is 11.9 Å². The summed E-state index contributed by atoms with van der Waals surface area (Å²) in [6.07, 6.45) is 1.05. The van der Waals surface area contributed by atoms with Crippen molar-refractivity contribution in [3.05, 3.63) is 22.4 Å². The van der Waals surface area contributed by atoms with Gasteiger partial charge < -0.3 is 5.32 Å². The number of nitrogens with one attached hydrogen (secondary N) is 1. The van der Waals surface area contributed by atoms with Crippen molar-refractivity contribution in [2.75, 3.05) is 6.54 Å². The molecule has 0 amide bonds. The highest BCUT2D eigenvalue weighted by molar-refractivity contribution is 7.09. The predicted molar refractivity (Wildman–Crippen MR) is 69.7 cm³/mol. The van der Waals surface area contributed by atoms with Gasteiger partial charge in [0.05, 0.1) is 0 Å². The molecule has 0 aromatic carbocycles. The van der Waals surface area contributed by atoms with E-state index in [9.17, 15) is 0 Å². The van der Waals surface area contributed by atoms with E-state index >= 15 is 0 Å². The Morgan fingerprint density at radius 2 is 2.20 bits per heavy atom. The minimum Gasteiger partial charge on any atom is -0.310 e. The van der Waals surface area contributed by atoms with Gasteiger partial charge in [-0.2, -0.15) is 0 Å². The van der Waals surface area contributed by atoms with Crippen LogP contribution in [0.15, 0.2) is 17.5 Å². The van der Waals surface area contributed by atoms with Crippen LogP contribution in [0.25, 0.3) is 0 Å². The van der Waals surface area contributed by atoms with Gasteiger partial charge in [0.25, 0.3) is 0 Å². The van der Waals surface area contributed by atoms with E-state index in [1.54, 1.807) is 11.3 Å². The summed E-state index contributed by atoms with van der Waals surface area (Å²) in [5.74, 6) is 0. The van der Waals surface area contributed by atoms with E-state index in [1.165, 1.54) is 4.88 Å². The zero-order valence-electron chi connectivity index (χ0n) is 9.72. The van der Waals surface area contributed by atoms with Gasteiger partial charge in [-0.3, -0.25) is 0 Å². The van der Waals surface area contributed by atoms with Gasteiger partial charge in [-0.05, 0) is 23.3 Å². The third kappa shape index (κ3) is 6.18. The zero-order chi connectivity index (χ0) is 11.3. The van der Waals surface area contributed by atoms with Crippen molar-refractivity contribution in [1.29, 1.82) is 0 Å². The van der Waals surface area contributed by atoms with Crippen LogP contribution in [0, 0.1) is 5.41 Å². The van der Waals surface area contributed by atoms with Gasteiger partial charge in [0, 0.05) is 23.3 Å². The van der Waals surface area contributed by atoms with Crippen LogP contribution >= 0.6 is 22.9 Å². The minimum atomic E-state index is 0.227. The summed E-state index contributed by atoms with van der Waals surface area (Å²) in [7, 11) is 0. The number of rotatable bonds is 5. The highest BCUT2D eigenvalue weighted by Crippen LogP contribution is 2.23. The molecule has 0 aliphatic carbocycles. The molecule has 1 nitrogen and oxygen atoms in total. The molecule has 1 unspecified atom stereocenters. The van der Waals surface area contributed by atoms with Gasteiger partial charge in [-0.25, -0.2) is 0 Å². The maximum Gasteiger partial charge on any atom is 0.0465 e. The van der Waals surface area contributed by atoms with Crippen LogP contribution in [0.5, 0.6) is 0 Å². The van der Waals surface area contributed by atoms with E-state index in [1.807, 2.05) is 0 Å². The van der Waals surface area contributed by atoms with E-state index in [-0.39, 0.29) is 5.38 Å². The third-order valence-electron chi connectivity index (χ3n) is 2.08. The molecule has 0 radical (unpaired) electrons. The largest absolute Gasteiger partial charge is 0.310 e. The van der Waals surface area contributed by atoms with Crippen molar-refractivity contribution in [3.8, 4) is 0 Å². The first-order chi connectivity index (χ1) is 6.97. The first kappa shape index (κ1) is 13.0. The molecule has 3 heteroatoms. The lowest BCUT2D eigenvalue weighted by Crippen LogP contribution is -2.26. The molecule has 0 spiro atoms. The molecule has 1 aromatic rings. The zero-order valence-corrected chi connectivity index (χ0v) is 11.3. The summed E-state index contributed by atoms with van der Waals surface area (Å²) >= 11 is 8.03. The maximum atomic E-state index is 6.25. The fourth-order valence-corrected chi connectivity index (χ4v) is 2.75. The van der Waals surface area contributed by atoms with Crippen LogP contribution in [-0.2, 0) is 6.54 Å². The first-order valence-electron chi connectivity index (χ1n) is 5.34. The molecule has 86 valence electrons. The maximum absolute atomic E-state index is 6.25. The highest BCUT2D eigenvalue weighted by atomic mass is 35.5. The topological polar surface area (TPSA) is 12.0 Å². The first-order valence-corrected chi connectivity index (χ1v) is 6.66.